The number of benzene rings is 1. The van der Waals surface area contributed by atoms with E-state index in [1.165, 1.54) is 0 Å². The quantitative estimate of drug-likeness (QED) is 0.846. The van der Waals surface area contributed by atoms with Crippen molar-refractivity contribution < 1.29 is 9.59 Å². The molecule has 1 saturated heterocycles. The molecule has 0 atom stereocenters. The van der Waals surface area contributed by atoms with E-state index in [0.29, 0.717) is 24.2 Å². The van der Waals surface area contributed by atoms with Crippen LogP contribution in [0.25, 0.3) is 0 Å². The molecule has 1 aromatic rings. The highest BCUT2D eigenvalue weighted by Gasteiger charge is 2.20. The molecule has 0 bridgehead atoms. The van der Waals surface area contributed by atoms with Gasteiger partial charge in [-0.2, -0.15) is 0 Å². The lowest BCUT2D eigenvalue weighted by Gasteiger charge is -2.19. The molecule has 0 unspecified atom stereocenters. The van der Waals surface area contributed by atoms with Gasteiger partial charge < -0.3 is 9.80 Å². The van der Waals surface area contributed by atoms with Crippen LogP contribution in [0.1, 0.15) is 47.4 Å². The number of nitrogens with zero attached hydrogens (tertiary/aromatic N) is 2. The third-order valence-electron chi connectivity index (χ3n) is 3.82. The van der Waals surface area contributed by atoms with Crippen LogP contribution in [0.2, 0.25) is 0 Å². The number of hydrogen-bond acceptors (Lipinski definition) is 2. The van der Waals surface area contributed by atoms with Crippen molar-refractivity contribution in [3.63, 3.8) is 0 Å². The summed E-state index contributed by atoms with van der Waals surface area (Å²) in [5, 5.41) is 0. The second-order valence-electron chi connectivity index (χ2n) is 5.05. The van der Waals surface area contributed by atoms with Crippen molar-refractivity contribution in [1.82, 2.24) is 9.80 Å². The van der Waals surface area contributed by atoms with Crippen LogP contribution in [0.4, 0.5) is 0 Å². The van der Waals surface area contributed by atoms with Crippen molar-refractivity contribution >= 4 is 11.8 Å². The zero-order valence-corrected chi connectivity index (χ0v) is 12.3. The van der Waals surface area contributed by atoms with Gasteiger partial charge in [-0.15, -0.1) is 0 Å². The molecular formula is C16H22N2O2. The van der Waals surface area contributed by atoms with Gasteiger partial charge in [-0.25, -0.2) is 0 Å². The second-order valence-corrected chi connectivity index (χ2v) is 5.05. The van der Waals surface area contributed by atoms with Gasteiger partial charge in [0.25, 0.3) is 11.8 Å². The standard InChI is InChI=1S/C16H22N2O2/c1-3-17(4-2)15(19)13-7-9-14(10-8-13)16(20)18-11-5-6-12-18/h7-10H,3-6,11-12H2,1-2H3. The van der Waals surface area contributed by atoms with Crippen LogP contribution >= 0.6 is 0 Å². The largest absolute Gasteiger partial charge is 0.339 e. The first-order chi connectivity index (χ1) is 9.67. The van der Waals surface area contributed by atoms with Crippen molar-refractivity contribution in [2.75, 3.05) is 26.2 Å². The van der Waals surface area contributed by atoms with Crippen molar-refractivity contribution in [2.24, 2.45) is 0 Å². The van der Waals surface area contributed by atoms with Crippen molar-refractivity contribution in [3.05, 3.63) is 35.4 Å². The minimum atomic E-state index is 0.0233. The van der Waals surface area contributed by atoms with Gasteiger partial charge in [0.1, 0.15) is 0 Å². The monoisotopic (exact) mass is 274 g/mol. The Morgan fingerprint density at radius 1 is 1.00 bits per heavy atom. The number of hydrogen-bond donors (Lipinski definition) is 0. The van der Waals surface area contributed by atoms with Crippen LogP contribution in [0.15, 0.2) is 24.3 Å². The Morgan fingerprint density at radius 2 is 1.50 bits per heavy atom. The fourth-order valence-electron chi connectivity index (χ4n) is 2.55. The summed E-state index contributed by atoms with van der Waals surface area (Å²) < 4.78 is 0. The number of carbonyl (C=O) groups is 2. The average molecular weight is 274 g/mol. The Labute approximate surface area is 120 Å². The van der Waals surface area contributed by atoms with Crippen LogP contribution in [0.3, 0.4) is 0 Å². The van der Waals surface area contributed by atoms with Gasteiger partial charge in [-0.1, -0.05) is 0 Å². The van der Waals surface area contributed by atoms with E-state index in [0.717, 1.165) is 25.9 Å². The highest BCUT2D eigenvalue weighted by atomic mass is 16.2. The molecule has 4 nitrogen and oxygen atoms in total. The molecule has 1 aliphatic rings. The van der Waals surface area contributed by atoms with Crippen LogP contribution in [-0.4, -0.2) is 47.8 Å². The molecule has 0 aromatic heterocycles. The highest BCUT2D eigenvalue weighted by molar-refractivity contribution is 5.97. The molecule has 1 heterocycles. The van der Waals surface area contributed by atoms with Crippen molar-refractivity contribution in [3.8, 4) is 0 Å². The summed E-state index contributed by atoms with van der Waals surface area (Å²) in [6, 6.07) is 7.03. The third-order valence-corrected chi connectivity index (χ3v) is 3.82. The first kappa shape index (κ1) is 14.6. The van der Waals surface area contributed by atoms with E-state index < -0.39 is 0 Å². The molecule has 1 aromatic carbocycles. The van der Waals surface area contributed by atoms with Gasteiger partial charge in [0.15, 0.2) is 0 Å². The maximum absolute atomic E-state index is 12.2. The molecule has 2 amide bonds. The lowest BCUT2D eigenvalue weighted by molar-refractivity contribution is 0.0767. The summed E-state index contributed by atoms with van der Waals surface area (Å²) >= 11 is 0. The SMILES string of the molecule is CCN(CC)C(=O)c1ccc(C(=O)N2CCCC2)cc1. The molecule has 0 spiro atoms. The number of rotatable bonds is 4. The summed E-state index contributed by atoms with van der Waals surface area (Å²) in [5.41, 5.74) is 1.31. The Hall–Kier alpha value is -1.84. The second kappa shape index (κ2) is 6.55. The van der Waals surface area contributed by atoms with E-state index in [4.69, 9.17) is 0 Å². The first-order valence-corrected chi connectivity index (χ1v) is 7.36. The number of carbonyl (C=O) groups excluding carboxylic acids is 2. The number of likely N-dealkylation sites (tertiary alicyclic amines) is 1. The van der Waals surface area contributed by atoms with Crippen LogP contribution in [0, 0.1) is 0 Å². The van der Waals surface area contributed by atoms with Crippen molar-refractivity contribution in [2.45, 2.75) is 26.7 Å². The smallest absolute Gasteiger partial charge is 0.253 e. The molecule has 20 heavy (non-hydrogen) atoms. The van der Waals surface area contributed by atoms with Crippen LogP contribution in [-0.2, 0) is 0 Å². The van der Waals surface area contributed by atoms with Crippen LogP contribution in [0.5, 0.6) is 0 Å². The highest BCUT2D eigenvalue weighted by Crippen LogP contribution is 2.14. The predicted molar refractivity (Wildman–Crippen MR) is 78.8 cm³/mol. The molecule has 1 fully saturated rings. The molecular weight excluding hydrogens is 252 g/mol. The van der Waals surface area contributed by atoms with Gasteiger partial charge in [-0.05, 0) is 51.0 Å². The Morgan fingerprint density at radius 3 is 2.00 bits per heavy atom. The van der Waals surface area contributed by atoms with Gasteiger partial charge in [0.2, 0.25) is 0 Å². The van der Waals surface area contributed by atoms with E-state index >= 15 is 0 Å². The van der Waals surface area contributed by atoms with E-state index in [9.17, 15) is 9.59 Å². The first-order valence-electron chi connectivity index (χ1n) is 7.36. The molecule has 1 aliphatic heterocycles. The lowest BCUT2D eigenvalue weighted by Crippen LogP contribution is -2.30. The van der Waals surface area contributed by atoms with E-state index in [2.05, 4.69) is 0 Å². The lowest BCUT2D eigenvalue weighted by atomic mass is 10.1. The minimum Gasteiger partial charge on any atom is -0.339 e. The van der Waals surface area contributed by atoms with Crippen molar-refractivity contribution in [1.29, 1.82) is 0 Å². The summed E-state index contributed by atoms with van der Waals surface area (Å²) in [5.74, 6) is 0.0968. The summed E-state index contributed by atoms with van der Waals surface area (Å²) in [6.45, 7) is 7.02. The molecule has 108 valence electrons. The van der Waals surface area contributed by atoms with Gasteiger partial charge in [-0.3, -0.25) is 9.59 Å². The summed E-state index contributed by atoms with van der Waals surface area (Å²) in [6.07, 6.45) is 2.18. The maximum atomic E-state index is 12.2. The Balaban J connectivity index is 2.09. The minimum absolute atomic E-state index is 0.0233. The Kier molecular flexibility index (Phi) is 4.77. The average Bonchev–Trinajstić information content (AvgIpc) is 3.02. The van der Waals surface area contributed by atoms with E-state index in [-0.39, 0.29) is 11.8 Å². The van der Waals surface area contributed by atoms with Gasteiger partial charge in [0.05, 0.1) is 0 Å². The van der Waals surface area contributed by atoms with Gasteiger partial charge >= 0.3 is 0 Å². The third kappa shape index (κ3) is 3.00. The number of amides is 2. The fourth-order valence-corrected chi connectivity index (χ4v) is 2.55. The molecule has 0 radical (unpaired) electrons. The molecule has 4 heteroatoms. The fraction of sp³-hybridized carbons (Fsp3) is 0.500. The van der Waals surface area contributed by atoms with Crippen LogP contribution < -0.4 is 0 Å². The Bertz CT molecular complexity index is 439. The molecule has 0 saturated carbocycles. The zero-order valence-electron chi connectivity index (χ0n) is 12.3. The predicted octanol–water partition coefficient (Wildman–Crippen LogP) is 2.40. The van der Waals surface area contributed by atoms with Gasteiger partial charge in [0, 0.05) is 37.3 Å². The molecule has 0 N–H and O–H groups in total. The summed E-state index contributed by atoms with van der Waals surface area (Å²) in [4.78, 5) is 28.0. The van der Waals surface area contributed by atoms with E-state index in [1.54, 1.807) is 29.2 Å². The molecule has 2 rings (SSSR count). The normalized spacial score (nSPS) is 14.4. The maximum Gasteiger partial charge on any atom is 0.253 e. The van der Waals surface area contributed by atoms with E-state index in [1.807, 2.05) is 18.7 Å². The summed E-state index contributed by atoms with van der Waals surface area (Å²) in [7, 11) is 0. The zero-order chi connectivity index (χ0) is 14.5. The molecule has 0 aliphatic carbocycles. The topological polar surface area (TPSA) is 40.6 Å².